The zero-order chi connectivity index (χ0) is 22.2. The third-order valence-electron chi connectivity index (χ3n) is 5.86. The fraction of sp³-hybridized carbons (Fsp3) is 0.435. The smallest absolute Gasteiger partial charge is 0.203 e. The Bertz CT molecular complexity index is 980. The van der Waals surface area contributed by atoms with Gasteiger partial charge in [0.05, 0.1) is 35.5 Å². The van der Waals surface area contributed by atoms with Gasteiger partial charge in [0.25, 0.3) is 0 Å². The van der Waals surface area contributed by atoms with Gasteiger partial charge < -0.3 is 28.8 Å². The molecular formula is C23H28O7. The Morgan fingerprint density at radius 3 is 1.90 bits per heavy atom. The Labute approximate surface area is 176 Å². The number of Topliss-reactive ketones (excluding diaryl/α,β-unsaturated/α-hetero) is 1. The van der Waals surface area contributed by atoms with E-state index in [1.165, 1.54) is 34.5 Å². The molecule has 0 bridgehead atoms. The topological polar surface area (TPSA) is 83.5 Å². The van der Waals surface area contributed by atoms with E-state index in [1.807, 2.05) is 19.9 Å². The van der Waals surface area contributed by atoms with Crippen molar-refractivity contribution < 1.29 is 33.6 Å². The summed E-state index contributed by atoms with van der Waals surface area (Å²) >= 11 is 0. The van der Waals surface area contributed by atoms with Crippen LogP contribution >= 0.6 is 0 Å². The normalized spacial score (nSPS) is 17.9. The fourth-order valence-electron chi connectivity index (χ4n) is 4.13. The minimum atomic E-state index is -0.270. The molecule has 2 atom stereocenters. The predicted molar refractivity (Wildman–Crippen MR) is 113 cm³/mol. The van der Waals surface area contributed by atoms with Crippen LogP contribution in [0.25, 0.3) is 11.1 Å². The minimum absolute atomic E-state index is 0.0439. The van der Waals surface area contributed by atoms with E-state index in [-0.39, 0.29) is 34.9 Å². The van der Waals surface area contributed by atoms with Crippen LogP contribution in [0.15, 0.2) is 12.1 Å². The van der Waals surface area contributed by atoms with E-state index in [2.05, 4.69) is 0 Å². The SMILES string of the molecule is COc1cc2c(c(OC)c1OC)-c1c(cc(O)c(OC)c1OC)C(=O)[C@H](C)[C@H](C)C2. The number of carbonyl (C=O) groups is 1. The van der Waals surface area contributed by atoms with Crippen LogP contribution in [-0.2, 0) is 6.42 Å². The van der Waals surface area contributed by atoms with Crippen molar-refractivity contribution in [3.05, 3.63) is 23.3 Å². The van der Waals surface area contributed by atoms with Crippen molar-refractivity contribution in [2.24, 2.45) is 11.8 Å². The maximum Gasteiger partial charge on any atom is 0.203 e. The van der Waals surface area contributed by atoms with Crippen molar-refractivity contribution in [2.45, 2.75) is 20.3 Å². The average Bonchev–Trinajstić information content (AvgIpc) is 2.75. The second-order valence-corrected chi connectivity index (χ2v) is 7.40. The Hall–Kier alpha value is -3.09. The van der Waals surface area contributed by atoms with E-state index < -0.39 is 0 Å². The van der Waals surface area contributed by atoms with E-state index in [4.69, 9.17) is 23.7 Å². The van der Waals surface area contributed by atoms with Crippen LogP contribution in [0, 0.1) is 11.8 Å². The first-order valence-electron chi connectivity index (χ1n) is 9.68. The summed E-state index contributed by atoms with van der Waals surface area (Å²) in [6.07, 6.45) is 0.616. The standard InChI is InChI=1S/C23H28O7/c1-11-8-13-9-16(26-3)21(28-5)22(29-6)17(13)18-14(19(25)12(11)2)10-15(24)20(27-4)23(18)30-7/h9-12,24H,8H2,1-7H3/t11-,12-/m1/s1. The van der Waals surface area contributed by atoms with E-state index in [0.29, 0.717) is 40.4 Å². The summed E-state index contributed by atoms with van der Waals surface area (Å²) in [5, 5.41) is 10.5. The molecule has 0 heterocycles. The number of ether oxygens (including phenoxy) is 5. The molecule has 0 amide bonds. The van der Waals surface area contributed by atoms with Gasteiger partial charge in [-0.15, -0.1) is 0 Å². The molecule has 1 aliphatic rings. The quantitative estimate of drug-likeness (QED) is 0.785. The molecule has 0 radical (unpaired) electrons. The number of carbonyl (C=O) groups excluding carboxylic acids is 1. The number of benzene rings is 2. The lowest BCUT2D eigenvalue weighted by Gasteiger charge is -2.29. The molecule has 7 heteroatoms. The van der Waals surface area contributed by atoms with Gasteiger partial charge in [-0.3, -0.25) is 4.79 Å². The number of hydrogen-bond donors (Lipinski definition) is 1. The number of methoxy groups -OCH3 is 5. The van der Waals surface area contributed by atoms with Crippen LogP contribution < -0.4 is 23.7 Å². The molecule has 0 aliphatic heterocycles. The molecular weight excluding hydrogens is 388 g/mol. The highest BCUT2D eigenvalue weighted by Crippen LogP contribution is 2.55. The summed E-state index contributed by atoms with van der Waals surface area (Å²) in [6, 6.07) is 3.34. The first kappa shape index (κ1) is 21.6. The molecule has 0 fully saturated rings. The van der Waals surface area contributed by atoms with Gasteiger partial charge in [-0.25, -0.2) is 0 Å². The molecule has 0 unspecified atom stereocenters. The van der Waals surface area contributed by atoms with Crippen LogP contribution in [0.3, 0.4) is 0 Å². The minimum Gasteiger partial charge on any atom is -0.504 e. The molecule has 0 aromatic heterocycles. The second-order valence-electron chi connectivity index (χ2n) is 7.40. The largest absolute Gasteiger partial charge is 0.504 e. The summed E-state index contributed by atoms with van der Waals surface area (Å²) in [5.41, 5.74) is 2.43. The highest BCUT2D eigenvalue weighted by Gasteiger charge is 2.36. The molecule has 2 aromatic rings. The van der Waals surface area contributed by atoms with Crippen molar-refractivity contribution in [3.63, 3.8) is 0 Å². The van der Waals surface area contributed by atoms with Crippen LogP contribution in [0.1, 0.15) is 29.8 Å². The molecule has 7 nitrogen and oxygen atoms in total. The van der Waals surface area contributed by atoms with Crippen molar-refractivity contribution in [3.8, 4) is 45.6 Å². The van der Waals surface area contributed by atoms with Crippen LogP contribution in [0.4, 0.5) is 0 Å². The van der Waals surface area contributed by atoms with Crippen molar-refractivity contribution >= 4 is 5.78 Å². The van der Waals surface area contributed by atoms with Crippen molar-refractivity contribution in [2.75, 3.05) is 35.5 Å². The van der Waals surface area contributed by atoms with E-state index in [0.717, 1.165) is 5.56 Å². The van der Waals surface area contributed by atoms with E-state index in [1.54, 1.807) is 7.11 Å². The van der Waals surface area contributed by atoms with Crippen molar-refractivity contribution in [1.29, 1.82) is 0 Å². The van der Waals surface area contributed by atoms with Crippen LogP contribution in [0.2, 0.25) is 0 Å². The summed E-state index contributed by atoms with van der Waals surface area (Å²) in [4.78, 5) is 13.4. The summed E-state index contributed by atoms with van der Waals surface area (Å²) in [7, 11) is 7.54. The molecule has 0 saturated carbocycles. The van der Waals surface area contributed by atoms with Gasteiger partial charge in [-0.1, -0.05) is 13.8 Å². The first-order valence-corrected chi connectivity index (χ1v) is 9.68. The molecule has 3 rings (SSSR count). The predicted octanol–water partition coefficient (Wildman–Crippen LogP) is 4.11. The van der Waals surface area contributed by atoms with Gasteiger partial charge in [0.2, 0.25) is 11.5 Å². The highest BCUT2D eigenvalue weighted by molar-refractivity contribution is 6.08. The summed E-state index contributed by atoms with van der Waals surface area (Å²) in [5.74, 6) is 1.30. The van der Waals surface area contributed by atoms with Gasteiger partial charge in [0, 0.05) is 22.6 Å². The third-order valence-corrected chi connectivity index (χ3v) is 5.86. The first-order chi connectivity index (χ1) is 14.3. The van der Waals surface area contributed by atoms with E-state index in [9.17, 15) is 9.90 Å². The summed E-state index contributed by atoms with van der Waals surface area (Å²) < 4.78 is 27.9. The second kappa shape index (κ2) is 8.34. The molecule has 1 aliphatic carbocycles. The molecule has 0 saturated heterocycles. The summed E-state index contributed by atoms with van der Waals surface area (Å²) in [6.45, 7) is 3.93. The third kappa shape index (κ3) is 3.18. The Balaban J connectivity index is 2.57. The van der Waals surface area contributed by atoms with Crippen LogP contribution in [0.5, 0.6) is 34.5 Å². The Kier molecular flexibility index (Phi) is 6.01. The molecule has 1 N–H and O–H groups in total. The van der Waals surface area contributed by atoms with Crippen LogP contribution in [-0.4, -0.2) is 46.4 Å². The number of fused-ring (bicyclic) bond motifs is 3. The highest BCUT2D eigenvalue weighted by atomic mass is 16.5. The maximum absolute atomic E-state index is 13.4. The van der Waals surface area contributed by atoms with Gasteiger partial charge >= 0.3 is 0 Å². The number of phenolic OH excluding ortho intramolecular Hbond substituents is 1. The number of aromatic hydroxyl groups is 1. The van der Waals surface area contributed by atoms with Gasteiger partial charge in [-0.05, 0) is 30.0 Å². The van der Waals surface area contributed by atoms with Gasteiger partial charge in [0.1, 0.15) is 0 Å². The Morgan fingerprint density at radius 1 is 0.800 bits per heavy atom. The van der Waals surface area contributed by atoms with Crippen molar-refractivity contribution in [1.82, 2.24) is 0 Å². The average molecular weight is 416 g/mol. The zero-order valence-corrected chi connectivity index (χ0v) is 18.4. The Morgan fingerprint density at radius 2 is 1.37 bits per heavy atom. The molecule has 162 valence electrons. The van der Waals surface area contributed by atoms with E-state index >= 15 is 0 Å². The maximum atomic E-state index is 13.4. The molecule has 2 aromatic carbocycles. The lowest BCUT2D eigenvalue weighted by molar-refractivity contribution is 0.0892. The fourth-order valence-corrected chi connectivity index (χ4v) is 4.13. The molecule has 0 spiro atoms. The zero-order valence-electron chi connectivity index (χ0n) is 18.4. The van der Waals surface area contributed by atoms with Gasteiger partial charge in [-0.2, -0.15) is 0 Å². The number of phenols is 1. The lowest BCUT2D eigenvalue weighted by Crippen LogP contribution is -2.24. The molecule has 30 heavy (non-hydrogen) atoms. The number of rotatable bonds is 5. The monoisotopic (exact) mass is 416 g/mol. The lowest BCUT2D eigenvalue weighted by atomic mass is 9.77. The number of ketones is 1. The van der Waals surface area contributed by atoms with Gasteiger partial charge in [0.15, 0.2) is 28.8 Å². The number of hydrogen-bond acceptors (Lipinski definition) is 7.